The molecule has 0 heterocycles. The summed E-state index contributed by atoms with van der Waals surface area (Å²) in [4.78, 5) is 0. The Morgan fingerprint density at radius 2 is 1.74 bits per heavy atom. The molecule has 0 aromatic heterocycles. The Morgan fingerprint density at radius 1 is 0.947 bits per heavy atom. The van der Waals surface area contributed by atoms with Crippen LogP contribution in [0.4, 0.5) is 5.69 Å². The Hall–Kier alpha value is -2.20. The highest BCUT2D eigenvalue weighted by Gasteiger charge is 2.04. The van der Waals surface area contributed by atoms with Crippen molar-refractivity contribution >= 4 is 5.69 Å². The number of para-hydroxylation sites is 1. The molecule has 0 aliphatic carbocycles. The van der Waals surface area contributed by atoms with E-state index in [-0.39, 0.29) is 0 Å². The number of benzene rings is 2. The molecule has 0 fully saturated rings. The predicted octanol–water partition coefficient (Wildman–Crippen LogP) is 2.82. The van der Waals surface area contributed by atoms with Crippen molar-refractivity contribution in [2.24, 2.45) is 0 Å². The van der Waals surface area contributed by atoms with Crippen molar-refractivity contribution in [3.63, 3.8) is 0 Å². The average molecular weight is 258 g/mol. The molecule has 0 aliphatic heterocycles. The van der Waals surface area contributed by atoms with Crippen molar-refractivity contribution in [2.75, 3.05) is 19.6 Å². The van der Waals surface area contributed by atoms with E-state index in [1.807, 2.05) is 48.5 Å². The third-order valence-electron chi connectivity index (χ3n) is 2.78. The smallest absolute Gasteiger partial charge is 0.127 e. The standard InChI is InChI=1S/C15H18N2O2/c1-18-14-9-8-12(15(10-14)19-2)11-16-17-13-6-4-3-5-7-13/h3-10,16-17H,11H2,1-2H3. The van der Waals surface area contributed by atoms with Crippen LogP contribution in [0.2, 0.25) is 0 Å². The molecule has 100 valence electrons. The van der Waals surface area contributed by atoms with E-state index in [2.05, 4.69) is 10.9 Å². The Morgan fingerprint density at radius 3 is 2.42 bits per heavy atom. The Bertz CT molecular complexity index is 515. The summed E-state index contributed by atoms with van der Waals surface area (Å²) in [5, 5.41) is 0. The van der Waals surface area contributed by atoms with Gasteiger partial charge in [0.05, 0.1) is 14.2 Å². The van der Waals surface area contributed by atoms with Gasteiger partial charge in [-0.2, -0.15) is 0 Å². The van der Waals surface area contributed by atoms with Crippen LogP contribution in [0.3, 0.4) is 0 Å². The van der Waals surface area contributed by atoms with Gasteiger partial charge in [0.15, 0.2) is 0 Å². The molecule has 0 radical (unpaired) electrons. The van der Waals surface area contributed by atoms with Crippen molar-refractivity contribution in [1.29, 1.82) is 0 Å². The number of hydrogen-bond donors (Lipinski definition) is 2. The van der Waals surface area contributed by atoms with Crippen LogP contribution < -0.4 is 20.3 Å². The van der Waals surface area contributed by atoms with Crippen LogP contribution >= 0.6 is 0 Å². The average Bonchev–Trinajstić information content (AvgIpc) is 2.48. The summed E-state index contributed by atoms with van der Waals surface area (Å²) in [7, 11) is 3.30. The van der Waals surface area contributed by atoms with Gasteiger partial charge in [-0.1, -0.05) is 24.3 Å². The quantitative estimate of drug-likeness (QED) is 0.782. The number of anilines is 1. The lowest BCUT2D eigenvalue weighted by atomic mass is 10.2. The summed E-state index contributed by atoms with van der Waals surface area (Å²) in [6.45, 7) is 0.655. The minimum absolute atomic E-state index is 0.655. The van der Waals surface area contributed by atoms with Crippen molar-refractivity contribution < 1.29 is 9.47 Å². The number of methoxy groups -OCH3 is 2. The lowest BCUT2D eigenvalue weighted by Gasteiger charge is -2.12. The van der Waals surface area contributed by atoms with Gasteiger partial charge >= 0.3 is 0 Å². The van der Waals surface area contributed by atoms with Crippen LogP contribution in [-0.4, -0.2) is 14.2 Å². The molecule has 2 aromatic carbocycles. The number of hydrogen-bond acceptors (Lipinski definition) is 4. The number of hydrazine groups is 1. The lowest BCUT2D eigenvalue weighted by Crippen LogP contribution is -2.21. The van der Waals surface area contributed by atoms with Crippen LogP contribution in [-0.2, 0) is 6.54 Å². The SMILES string of the molecule is COc1ccc(CNNc2ccccc2)c(OC)c1. The zero-order chi connectivity index (χ0) is 13.5. The number of ether oxygens (including phenoxy) is 2. The first kappa shape index (κ1) is 13.2. The normalized spacial score (nSPS) is 10.0. The third kappa shape index (κ3) is 3.63. The van der Waals surface area contributed by atoms with Gasteiger partial charge in [-0.25, -0.2) is 5.43 Å². The van der Waals surface area contributed by atoms with E-state index in [0.29, 0.717) is 6.54 Å². The van der Waals surface area contributed by atoms with E-state index < -0.39 is 0 Å². The molecule has 0 unspecified atom stereocenters. The summed E-state index contributed by atoms with van der Waals surface area (Å²) in [5.41, 5.74) is 8.38. The van der Waals surface area contributed by atoms with Crippen molar-refractivity contribution in [2.45, 2.75) is 6.54 Å². The summed E-state index contributed by atoms with van der Waals surface area (Å²) >= 11 is 0. The van der Waals surface area contributed by atoms with Gasteiger partial charge in [0.1, 0.15) is 11.5 Å². The van der Waals surface area contributed by atoms with Crippen LogP contribution in [0, 0.1) is 0 Å². The molecular formula is C15H18N2O2. The fourth-order valence-electron chi connectivity index (χ4n) is 1.76. The van der Waals surface area contributed by atoms with E-state index in [1.165, 1.54) is 0 Å². The molecule has 2 rings (SSSR count). The van der Waals surface area contributed by atoms with Gasteiger partial charge in [-0.3, -0.25) is 0 Å². The van der Waals surface area contributed by atoms with Crippen LogP contribution in [0.15, 0.2) is 48.5 Å². The maximum absolute atomic E-state index is 5.34. The van der Waals surface area contributed by atoms with E-state index in [9.17, 15) is 0 Å². The maximum Gasteiger partial charge on any atom is 0.127 e. The Kier molecular flexibility index (Phi) is 4.64. The van der Waals surface area contributed by atoms with Gasteiger partial charge in [0, 0.05) is 23.9 Å². The summed E-state index contributed by atoms with van der Waals surface area (Å²) < 4.78 is 10.5. The molecule has 0 atom stereocenters. The second-order valence-electron chi connectivity index (χ2n) is 4.02. The van der Waals surface area contributed by atoms with E-state index in [1.54, 1.807) is 14.2 Å². The van der Waals surface area contributed by atoms with Gasteiger partial charge in [0.25, 0.3) is 0 Å². The zero-order valence-electron chi connectivity index (χ0n) is 11.1. The minimum Gasteiger partial charge on any atom is -0.497 e. The topological polar surface area (TPSA) is 42.5 Å². The molecule has 0 spiro atoms. The van der Waals surface area contributed by atoms with Gasteiger partial charge in [0.2, 0.25) is 0 Å². The first-order valence-corrected chi connectivity index (χ1v) is 6.08. The van der Waals surface area contributed by atoms with Crippen LogP contribution in [0.25, 0.3) is 0 Å². The van der Waals surface area contributed by atoms with Crippen molar-refractivity contribution in [3.8, 4) is 11.5 Å². The van der Waals surface area contributed by atoms with Gasteiger partial charge in [-0.15, -0.1) is 0 Å². The molecule has 0 aliphatic rings. The van der Waals surface area contributed by atoms with Crippen LogP contribution in [0.1, 0.15) is 5.56 Å². The minimum atomic E-state index is 0.655. The van der Waals surface area contributed by atoms with E-state index in [0.717, 1.165) is 22.7 Å². The molecule has 19 heavy (non-hydrogen) atoms. The summed E-state index contributed by atoms with van der Waals surface area (Å²) in [6.07, 6.45) is 0. The van der Waals surface area contributed by atoms with Crippen molar-refractivity contribution in [1.82, 2.24) is 5.43 Å². The fourth-order valence-corrected chi connectivity index (χ4v) is 1.76. The molecule has 0 saturated heterocycles. The Balaban J connectivity index is 1.96. The molecule has 2 aromatic rings. The molecule has 4 heteroatoms. The Labute approximate surface area is 113 Å². The highest BCUT2D eigenvalue weighted by atomic mass is 16.5. The summed E-state index contributed by atoms with van der Waals surface area (Å²) in [5.74, 6) is 1.60. The van der Waals surface area contributed by atoms with E-state index >= 15 is 0 Å². The fraction of sp³-hybridized carbons (Fsp3) is 0.200. The van der Waals surface area contributed by atoms with Crippen LogP contribution in [0.5, 0.6) is 11.5 Å². The highest BCUT2D eigenvalue weighted by molar-refractivity contribution is 5.43. The molecule has 0 amide bonds. The van der Waals surface area contributed by atoms with Gasteiger partial charge in [-0.05, 0) is 18.2 Å². The molecular weight excluding hydrogens is 240 g/mol. The second kappa shape index (κ2) is 6.66. The first-order chi connectivity index (χ1) is 9.33. The number of nitrogens with one attached hydrogen (secondary N) is 2. The molecule has 4 nitrogen and oxygen atoms in total. The van der Waals surface area contributed by atoms with E-state index in [4.69, 9.17) is 9.47 Å². The molecule has 2 N–H and O–H groups in total. The molecule has 0 bridgehead atoms. The van der Waals surface area contributed by atoms with Gasteiger partial charge < -0.3 is 14.9 Å². The monoisotopic (exact) mass is 258 g/mol. The third-order valence-corrected chi connectivity index (χ3v) is 2.78. The largest absolute Gasteiger partial charge is 0.497 e. The zero-order valence-corrected chi connectivity index (χ0v) is 11.1. The highest BCUT2D eigenvalue weighted by Crippen LogP contribution is 2.24. The first-order valence-electron chi connectivity index (χ1n) is 6.08. The predicted molar refractivity (Wildman–Crippen MR) is 76.5 cm³/mol. The van der Waals surface area contributed by atoms with Crippen molar-refractivity contribution in [3.05, 3.63) is 54.1 Å². The second-order valence-corrected chi connectivity index (χ2v) is 4.02. The molecule has 0 saturated carbocycles. The summed E-state index contributed by atoms with van der Waals surface area (Å²) in [6, 6.07) is 15.7. The lowest BCUT2D eigenvalue weighted by molar-refractivity contribution is 0.390. The maximum atomic E-state index is 5.34. The number of rotatable bonds is 6.